The second-order valence-electron chi connectivity index (χ2n) is 5.58. The van der Waals surface area contributed by atoms with Gasteiger partial charge in [0.2, 0.25) is 0 Å². The first-order chi connectivity index (χ1) is 11.6. The van der Waals surface area contributed by atoms with Crippen LogP contribution in [0.25, 0.3) is 0 Å². The summed E-state index contributed by atoms with van der Waals surface area (Å²) in [5.74, 6) is 0.290. The van der Waals surface area contributed by atoms with Crippen molar-refractivity contribution in [3.63, 3.8) is 0 Å². The SMILES string of the molecule is Cc1c(OCc2ccccc2)cncc1C(O)c1ccc(F)cc1. The number of rotatable bonds is 5. The van der Waals surface area contributed by atoms with Crippen molar-refractivity contribution < 1.29 is 14.2 Å². The molecule has 0 bridgehead atoms. The molecule has 1 unspecified atom stereocenters. The van der Waals surface area contributed by atoms with E-state index in [9.17, 15) is 9.50 Å². The molecule has 0 radical (unpaired) electrons. The molecule has 24 heavy (non-hydrogen) atoms. The normalized spacial score (nSPS) is 12.0. The van der Waals surface area contributed by atoms with Crippen LogP contribution in [0.15, 0.2) is 67.0 Å². The van der Waals surface area contributed by atoms with Gasteiger partial charge in [-0.3, -0.25) is 4.98 Å². The van der Waals surface area contributed by atoms with Gasteiger partial charge in [0, 0.05) is 17.3 Å². The minimum Gasteiger partial charge on any atom is -0.487 e. The largest absolute Gasteiger partial charge is 0.487 e. The summed E-state index contributed by atoms with van der Waals surface area (Å²) in [7, 11) is 0. The van der Waals surface area contributed by atoms with Crippen LogP contribution in [0.3, 0.4) is 0 Å². The van der Waals surface area contributed by atoms with Crippen LogP contribution in [0, 0.1) is 12.7 Å². The van der Waals surface area contributed by atoms with Crippen LogP contribution < -0.4 is 4.74 Å². The third kappa shape index (κ3) is 3.60. The quantitative estimate of drug-likeness (QED) is 0.765. The third-order valence-corrected chi connectivity index (χ3v) is 3.93. The number of aromatic nitrogens is 1. The maximum Gasteiger partial charge on any atom is 0.141 e. The number of halogens is 1. The maximum atomic E-state index is 13.0. The molecule has 0 saturated heterocycles. The van der Waals surface area contributed by atoms with Crippen molar-refractivity contribution in [2.24, 2.45) is 0 Å². The van der Waals surface area contributed by atoms with E-state index in [0.29, 0.717) is 23.5 Å². The van der Waals surface area contributed by atoms with Crippen molar-refractivity contribution in [1.29, 1.82) is 0 Å². The molecule has 3 nitrogen and oxygen atoms in total. The van der Waals surface area contributed by atoms with Crippen molar-refractivity contribution in [2.45, 2.75) is 19.6 Å². The zero-order valence-corrected chi connectivity index (χ0v) is 13.3. The van der Waals surface area contributed by atoms with Crippen molar-refractivity contribution >= 4 is 0 Å². The van der Waals surface area contributed by atoms with E-state index in [1.54, 1.807) is 24.5 Å². The lowest BCUT2D eigenvalue weighted by Crippen LogP contribution is -2.05. The van der Waals surface area contributed by atoms with E-state index in [1.807, 2.05) is 37.3 Å². The Labute approximate surface area is 140 Å². The van der Waals surface area contributed by atoms with Crippen LogP contribution in [0.4, 0.5) is 4.39 Å². The molecule has 122 valence electrons. The number of hydrogen-bond donors (Lipinski definition) is 1. The number of ether oxygens (including phenoxy) is 1. The van der Waals surface area contributed by atoms with Gasteiger partial charge in [-0.05, 0) is 30.2 Å². The lowest BCUT2D eigenvalue weighted by molar-refractivity contribution is 0.217. The Bertz CT molecular complexity index is 804. The molecular formula is C20H18FNO2. The Balaban J connectivity index is 1.81. The lowest BCUT2D eigenvalue weighted by Gasteiger charge is -2.16. The molecule has 1 heterocycles. The van der Waals surface area contributed by atoms with Gasteiger partial charge in [0.15, 0.2) is 0 Å². The van der Waals surface area contributed by atoms with Gasteiger partial charge in [-0.15, -0.1) is 0 Å². The molecule has 1 atom stereocenters. The summed E-state index contributed by atoms with van der Waals surface area (Å²) in [5.41, 5.74) is 3.13. The summed E-state index contributed by atoms with van der Waals surface area (Å²) >= 11 is 0. The molecule has 0 aliphatic heterocycles. The molecule has 3 aromatic rings. The zero-order chi connectivity index (χ0) is 16.9. The van der Waals surface area contributed by atoms with Gasteiger partial charge in [-0.25, -0.2) is 4.39 Å². The molecule has 0 aliphatic carbocycles. The van der Waals surface area contributed by atoms with Gasteiger partial charge in [-0.2, -0.15) is 0 Å². The smallest absolute Gasteiger partial charge is 0.141 e. The number of hydrogen-bond acceptors (Lipinski definition) is 3. The summed E-state index contributed by atoms with van der Waals surface area (Å²) < 4.78 is 18.9. The zero-order valence-electron chi connectivity index (χ0n) is 13.3. The molecule has 0 spiro atoms. The first-order valence-corrected chi connectivity index (χ1v) is 7.70. The number of pyridine rings is 1. The monoisotopic (exact) mass is 323 g/mol. The van der Waals surface area contributed by atoms with Crippen LogP contribution in [0.1, 0.15) is 28.4 Å². The van der Waals surface area contributed by atoms with Crippen LogP contribution in [0.5, 0.6) is 5.75 Å². The predicted molar refractivity (Wildman–Crippen MR) is 90.2 cm³/mol. The van der Waals surface area contributed by atoms with E-state index < -0.39 is 6.10 Å². The molecule has 0 amide bonds. The highest BCUT2D eigenvalue weighted by Gasteiger charge is 2.16. The van der Waals surface area contributed by atoms with E-state index >= 15 is 0 Å². The van der Waals surface area contributed by atoms with E-state index in [1.165, 1.54) is 12.1 Å². The highest BCUT2D eigenvalue weighted by molar-refractivity contribution is 5.41. The molecule has 3 rings (SSSR count). The molecule has 0 saturated carbocycles. The molecule has 2 aromatic carbocycles. The van der Waals surface area contributed by atoms with Crippen LogP contribution in [0.2, 0.25) is 0 Å². The summed E-state index contributed by atoms with van der Waals surface area (Å²) in [6.07, 6.45) is 2.37. The fraction of sp³-hybridized carbons (Fsp3) is 0.150. The molecular weight excluding hydrogens is 305 g/mol. The summed E-state index contributed by atoms with van der Waals surface area (Å²) in [4.78, 5) is 4.16. The van der Waals surface area contributed by atoms with Crippen molar-refractivity contribution in [1.82, 2.24) is 4.98 Å². The fourth-order valence-corrected chi connectivity index (χ4v) is 2.50. The highest BCUT2D eigenvalue weighted by Crippen LogP contribution is 2.29. The van der Waals surface area contributed by atoms with Crippen molar-refractivity contribution in [2.75, 3.05) is 0 Å². The second kappa shape index (κ2) is 7.23. The van der Waals surface area contributed by atoms with Gasteiger partial charge in [0.1, 0.15) is 24.3 Å². The Morgan fingerprint density at radius 1 is 1.04 bits per heavy atom. The maximum absolute atomic E-state index is 13.0. The van der Waals surface area contributed by atoms with Crippen LogP contribution >= 0.6 is 0 Å². The average Bonchev–Trinajstić information content (AvgIpc) is 2.62. The number of benzene rings is 2. The van der Waals surface area contributed by atoms with Gasteiger partial charge < -0.3 is 9.84 Å². The molecule has 0 aliphatic rings. The third-order valence-electron chi connectivity index (χ3n) is 3.93. The number of aliphatic hydroxyl groups excluding tert-OH is 1. The van der Waals surface area contributed by atoms with E-state index in [0.717, 1.165) is 11.1 Å². The molecule has 1 N–H and O–H groups in total. The number of aliphatic hydroxyl groups is 1. The first-order valence-electron chi connectivity index (χ1n) is 7.70. The standard InChI is InChI=1S/C20H18FNO2/c1-14-18(20(23)16-7-9-17(21)10-8-16)11-22-12-19(14)24-13-15-5-3-2-4-6-15/h2-12,20,23H,13H2,1H3. The highest BCUT2D eigenvalue weighted by atomic mass is 19.1. The lowest BCUT2D eigenvalue weighted by atomic mass is 9.99. The van der Waals surface area contributed by atoms with E-state index in [2.05, 4.69) is 4.98 Å². The Kier molecular flexibility index (Phi) is 4.87. The Hall–Kier alpha value is -2.72. The fourth-order valence-electron chi connectivity index (χ4n) is 2.50. The van der Waals surface area contributed by atoms with E-state index in [-0.39, 0.29) is 5.82 Å². The summed E-state index contributed by atoms with van der Waals surface area (Å²) in [6.45, 7) is 2.31. The predicted octanol–water partition coefficient (Wildman–Crippen LogP) is 4.19. The van der Waals surface area contributed by atoms with Gasteiger partial charge >= 0.3 is 0 Å². The molecule has 1 aromatic heterocycles. The van der Waals surface area contributed by atoms with Gasteiger partial charge in [0.05, 0.1) is 6.20 Å². The van der Waals surface area contributed by atoms with Crippen molar-refractivity contribution in [3.8, 4) is 5.75 Å². The van der Waals surface area contributed by atoms with Crippen LogP contribution in [-0.2, 0) is 6.61 Å². The van der Waals surface area contributed by atoms with Gasteiger partial charge in [-0.1, -0.05) is 42.5 Å². The molecule has 0 fully saturated rings. The summed E-state index contributed by atoms with van der Waals surface area (Å²) in [5, 5.41) is 10.6. The second-order valence-corrected chi connectivity index (χ2v) is 5.58. The topological polar surface area (TPSA) is 42.4 Å². The minimum absolute atomic E-state index is 0.333. The van der Waals surface area contributed by atoms with Crippen LogP contribution in [-0.4, -0.2) is 10.1 Å². The molecule has 4 heteroatoms. The van der Waals surface area contributed by atoms with Crippen molar-refractivity contribution in [3.05, 3.63) is 95.1 Å². The van der Waals surface area contributed by atoms with Gasteiger partial charge in [0.25, 0.3) is 0 Å². The Morgan fingerprint density at radius 3 is 2.46 bits per heavy atom. The van der Waals surface area contributed by atoms with E-state index in [4.69, 9.17) is 4.74 Å². The first kappa shape index (κ1) is 16.1. The minimum atomic E-state index is -0.877. The summed E-state index contributed by atoms with van der Waals surface area (Å²) in [6, 6.07) is 15.6. The average molecular weight is 323 g/mol. The number of nitrogens with zero attached hydrogens (tertiary/aromatic N) is 1. The Morgan fingerprint density at radius 2 is 1.75 bits per heavy atom.